The highest BCUT2D eigenvalue weighted by molar-refractivity contribution is 7.11. The number of nitrogens with zero attached hydrogens (tertiary/aromatic N) is 1. The molecule has 0 aliphatic carbocycles. The molecule has 2 unspecified atom stereocenters. The summed E-state index contributed by atoms with van der Waals surface area (Å²) in [4.78, 5) is 5.52. The Morgan fingerprint density at radius 2 is 2.53 bits per heavy atom. The minimum absolute atomic E-state index is 0.200. The van der Waals surface area contributed by atoms with E-state index in [9.17, 15) is 5.11 Å². The maximum atomic E-state index is 9.27. The molecule has 0 saturated carbocycles. The van der Waals surface area contributed by atoms with Gasteiger partial charge in [-0.1, -0.05) is 0 Å². The summed E-state index contributed by atoms with van der Waals surface area (Å²) in [5.41, 5.74) is 0. The van der Waals surface area contributed by atoms with Crippen LogP contribution in [0.25, 0.3) is 0 Å². The lowest BCUT2D eigenvalue weighted by molar-refractivity contribution is 0.0148. The molecule has 4 heteroatoms. The fourth-order valence-electron chi connectivity index (χ4n) is 1.79. The van der Waals surface area contributed by atoms with Crippen molar-refractivity contribution in [2.24, 2.45) is 0 Å². The van der Waals surface area contributed by atoms with Gasteiger partial charge in [0.15, 0.2) is 0 Å². The average Bonchev–Trinajstić information content (AvgIpc) is 2.67. The Morgan fingerprint density at radius 1 is 1.67 bits per heavy atom. The normalized spacial score (nSPS) is 24.0. The van der Waals surface area contributed by atoms with E-state index in [1.54, 1.807) is 18.3 Å². The van der Waals surface area contributed by atoms with E-state index in [1.807, 2.05) is 6.20 Å². The quantitative estimate of drug-likeness (QED) is 0.861. The monoisotopic (exact) mass is 227 g/mol. The minimum atomic E-state index is -0.287. The van der Waals surface area contributed by atoms with Crippen LogP contribution < -0.4 is 0 Å². The van der Waals surface area contributed by atoms with Crippen molar-refractivity contribution < 1.29 is 9.84 Å². The van der Waals surface area contributed by atoms with Crippen molar-refractivity contribution in [1.82, 2.24) is 4.98 Å². The molecule has 1 fully saturated rings. The van der Waals surface area contributed by atoms with Gasteiger partial charge in [0.1, 0.15) is 11.1 Å². The summed E-state index contributed by atoms with van der Waals surface area (Å²) in [5.74, 6) is 0. The zero-order valence-electron chi connectivity index (χ0n) is 8.98. The van der Waals surface area contributed by atoms with Gasteiger partial charge in [-0.2, -0.15) is 0 Å². The molecule has 1 aliphatic rings. The molecular formula is C11H17NO2S. The van der Waals surface area contributed by atoms with E-state index in [0.29, 0.717) is 6.42 Å². The molecule has 1 aliphatic heterocycles. The topological polar surface area (TPSA) is 42.4 Å². The number of aliphatic hydroxyl groups is 1. The molecule has 2 atom stereocenters. The molecule has 2 heterocycles. The van der Waals surface area contributed by atoms with Crippen molar-refractivity contribution in [3.63, 3.8) is 0 Å². The van der Waals surface area contributed by atoms with Crippen LogP contribution in [0, 0.1) is 0 Å². The highest BCUT2D eigenvalue weighted by atomic mass is 32.1. The van der Waals surface area contributed by atoms with Crippen molar-refractivity contribution in [2.75, 3.05) is 6.61 Å². The number of thiazole rings is 1. The second kappa shape index (κ2) is 5.05. The maximum absolute atomic E-state index is 9.27. The molecule has 0 amide bonds. The molecule has 1 aromatic rings. The summed E-state index contributed by atoms with van der Waals surface area (Å²) < 4.78 is 5.67. The maximum Gasteiger partial charge on any atom is 0.122 e. The van der Waals surface area contributed by atoms with Gasteiger partial charge in [-0.05, 0) is 26.2 Å². The van der Waals surface area contributed by atoms with Gasteiger partial charge in [-0.25, -0.2) is 4.98 Å². The Hall–Kier alpha value is -0.450. The van der Waals surface area contributed by atoms with Crippen LogP contribution in [-0.4, -0.2) is 22.8 Å². The molecule has 3 nitrogen and oxygen atoms in total. The number of rotatable bonds is 3. The zero-order valence-corrected chi connectivity index (χ0v) is 9.80. The summed E-state index contributed by atoms with van der Waals surface area (Å²) in [6.45, 7) is 2.66. The van der Waals surface area contributed by atoms with Crippen LogP contribution in [0.2, 0.25) is 0 Å². The smallest absolute Gasteiger partial charge is 0.122 e. The van der Waals surface area contributed by atoms with Crippen molar-refractivity contribution in [3.05, 3.63) is 16.1 Å². The standard InChI is InChI=1S/C11H17NO2S/c1-8(13)6-9-7-12-11(15-9)10-4-2-3-5-14-10/h7-8,10,13H,2-6H2,1H3. The Morgan fingerprint density at radius 3 is 3.20 bits per heavy atom. The second-order valence-electron chi connectivity index (χ2n) is 4.07. The molecule has 0 spiro atoms. The number of hydrogen-bond acceptors (Lipinski definition) is 4. The van der Waals surface area contributed by atoms with Crippen LogP contribution in [0.4, 0.5) is 0 Å². The Kier molecular flexibility index (Phi) is 3.72. The van der Waals surface area contributed by atoms with Gasteiger partial charge in [0.2, 0.25) is 0 Å². The largest absolute Gasteiger partial charge is 0.393 e. The van der Waals surface area contributed by atoms with Crippen molar-refractivity contribution in [2.45, 2.75) is 44.8 Å². The third-order valence-electron chi connectivity index (χ3n) is 2.52. The zero-order chi connectivity index (χ0) is 10.7. The predicted molar refractivity (Wildman–Crippen MR) is 60.0 cm³/mol. The van der Waals surface area contributed by atoms with Crippen molar-refractivity contribution >= 4 is 11.3 Å². The van der Waals surface area contributed by atoms with E-state index >= 15 is 0 Å². The third-order valence-corrected chi connectivity index (χ3v) is 3.63. The van der Waals surface area contributed by atoms with Gasteiger partial charge in [0.05, 0.1) is 6.10 Å². The molecule has 2 rings (SSSR count). The fraction of sp³-hybridized carbons (Fsp3) is 0.727. The first-order chi connectivity index (χ1) is 7.25. The van der Waals surface area contributed by atoms with Gasteiger partial charge in [-0.3, -0.25) is 0 Å². The summed E-state index contributed by atoms with van der Waals surface area (Å²) in [6, 6.07) is 0. The Balaban J connectivity index is 1.99. The molecule has 0 bridgehead atoms. The first-order valence-electron chi connectivity index (χ1n) is 5.50. The number of hydrogen-bond donors (Lipinski definition) is 1. The average molecular weight is 227 g/mol. The van der Waals surface area contributed by atoms with Gasteiger partial charge < -0.3 is 9.84 Å². The van der Waals surface area contributed by atoms with Crippen LogP contribution in [0.5, 0.6) is 0 Å². The van der Waals surface area contributed by atoms with Crippen LogP contribution in [-0.2, 0) is 11.2 Å². The van der Waals surface area contributed by atoms with E-state index in [-0.39, 0.29) is 12.2 Å². The Labute approximate surface area is 94.1 Å². The summed E-state index contributed by atoms with van der Waals surface area (Å²) >= 11 is 1.67. The second-order valence-corrected chi connectivity index (χ2v) is 5.22. The van der Waals surface area contributed by atoms with Crippen LogP contribution in [0.1, 0.15) is 42.2 Å². The molecule has 1 N–H and O–H groups in total. The number of ether oxygens (including phenoxy) is 1. The summed E-state index contributed by atoms with van der Waals surface area (Å²) in [6.07, 6.45) is 5.96. The molecule has 0 radical (unpaired) electrons. The van der Waals surface area contributed by atoms with Crippen LogP contribution >= 0.6 is 11.3 Å². The van der Waals surface area contributed by atoms with Crippen molar-refractivity contribution in [1.29, 1.82) is 0 Å². The first kappa shape index (κ1) is 11.0. The summed E-state index contributed by atoms with van der Waals surface area (Å²) in [7, 11) is 0. The molecule has 84 valence electrons. The summed E-state index contributed by atoms with van der Waals surface area (Å²) in [5, 5.41) is 10.3. The number of aliphatic hydroxyl groups excluding tert-OH is 1. The molecule has 1 saturated heterocycles. The van der Waals surface area contributed by atoms with Gasteiger partial charge in [0.25, 0.3) is 0 Å². The van der Waals surface area contributed by atoms with E-state index in [4.69, 9.17) is 4.74 Å². The SMILES string of the molecule is CC(O)Cc1cnc(C2CCCCO2)s1. The van der Waals surface area contributed by atoms with Gasteiger partial charge >= 0.3 is 0 Å². The lowest BCUT2D eigenvalue weighted by atomic mass is 10.1. The lowest BCUT2D eigenvalue weighted by Crippen LogP contribution is -2.10. The third kappa shape index (κ3) is 3.00. The molecule has 15 heavy (non-hydrogen) atoms. The van der Waals surface area contributed by atoms with E-state index in [2.05, 4.69) is 4.98 Å². The van der Waals surface area contributed by atoms with E-state index in [0.717, 1.165) is 22.9 Å². The van der Waals surface area contributed by atoms with E-state index in [1.165, 1.54) is 12.8 Å². The molecular weight excluding hydrogens is 210 g/mol. The molecule has 1 aromatic heterocycles. The predicted octanol–water partition coefficient (Wildman–Crippen LogP) is 2.31. The van der Waals surface area contributed by atoms with Gasteiger partial charge in [-0.15, -0.1) is 11.3 Å². The lowest BCUT2D eigenvalue weighted by Gasteiger charge is -2.20. The van der Waals surface area contributed by atoms with Gasteiger partial charge in [0, 0.05) is 24.1 Å². The fourth-order valence-corrected chi connectivity index (χ4v) is 2.91. The van der Waals surface area contributed by atoms with Crippen LogP contribution in [0.3, 0.4) is 0 Å². The first-order valence-corrected chi connectivity index (χ1v) is 6.31. The molecule has 0 aromatic carbocycles. The highest BCUT2D eigenvalue weighted by Crippen LogP contribution is 2.30. The highest BCUT2D eigenvalue weighted by Gasteiger charge is 2.19. The number of aromatic nitrogens is 1. The van der Waals surface area contributed by atoms with Crippen molar-refractivity contribution in [3.8, 4) is 0 Å². The Bertz CT molecular complexity index is 305. The van der Waals surface area contributed by atoms with Crippen LogP contribution in [0.15, 0.2) is 6.20 Å². The van der Waals surface area contributed by atoms with E-state index < -0.39 is 0 Å². The minimum Gasteiger partial charge on any atom is -0.393 e.